The Kier molecular flexibility index (Phi) is 2.29. The van der Waals surface area contributed by atoms with Crippen LogP contribution in [-0.2, 0) is 6.42 Å². The number of benzene rings is 1. The van der Waals surface area contributed by atoms with E-state index in [1.54, 1.807) is 16.6 Å². The fourth-order valence-electron chi connectivity index (χ4n) is 1.64. The lowest BCUT2D eigenvalue weighted by Crippen LogP contribution is -1.93. The van der Waals surface area contributed by atoms with E-state index >= 15 is 0 Å². The van der Waals surface area contributed by atoms with Gasteiger partial charge in [0, 0.05) is 6.42 Å². The normalized spacial score (nSPS) is 11.1. The number of rotatable bonds is 2. The summed E-state index contributed by atoms with van der Waals surface area (Å²) in [4.78, 5) is 0.750. The van der Waals surface area contributed by atoms with Gasteiger partial charge >= 0.3 is 0 Å². The van der Waals surface area contributed by atoms with Gasteiger partial charge in [0.05, 0.1) is 5.56 Å². The molecule has 0 spiro atoms. The number of hydrogen-bond acceptors (Lipinski definition) is 5. The van der Waals surface area contributed by atoms with Crippen LogP contribution in [-0.4, -0.2) is 24.9 Å². The van der Waals surface area contributed by atoms with Gasteiger partial charge in [-0.05, 0) is 12.1 Å². The highest BCUT2D eigenvalue weighted by molar-refractivity contribution is 7.19. The Morgan fingerprint density at radius 1 is 1.29 bits per heavy atom. The van der Waals surface area contributed by atoms with Crippen molar-refractivity contribution in [1.82, 2.24) is 19.8 Å². The van der Waals surface area contributed by atoms with Crippen molar-refractivity contribution < 1.29 is 5.11 Å². The topological polar surface area (TPSA) is 63.3 Å². The molecule has 0 fully saturated rings. The fraction of sp³-hybridized carbons (Fsp3) is 0.182. The van der Waals surface area contributed by atoms with Crippen LogP contribution < -0.4 is 0 Å². The van der Waals surface area contributed by atoms with Crippen molar-refractivity contribution in [3.05, 3.63) is 30.1 Å². The maximum atomic E-state index is 9.77. The number of aryl methyl sites for hydroxylation is 1. The molecule has 2 heterocycles. The summed E-state index contributed by atoms with van der Waals surface area (Å²) in [6.45, 7) is 2.01. The van der Waals surface area contributed by atoms with E-state index in [1.807, 2.05) is 19.1 Å². The van der Waals surface area contributed by atoms with Crippen molar-refractivity contribution >= 4 is 16.3 Å². The summed E-state index contributed by atoms with van der Waals surface area (Å²) >= 11 is 1.42. The van der Waals surface area contributed by atoms with E-state index in [9.17, 15) is 5.11 Å². The molecule has 0 aliphatic carbocycles. The van der Waals surface area contributed by atoms with Gasteiger partial charge in [-0.15, -0.1) is 10.2 Å². The van der Waals surface area contributed by atoms with Gasteiger partial charge in [-0.1, -0.05) is 30.4 Å². The first-order valence-electron chi connectivity index (χ1n) is 5.29. The Morgan fingerprint density at radius 3 is 2.88 bits per heavy atom. The summed E-state index contributed by atoms with van der Waals surface area (Å²) in [6, 6.07) is 7.15. The van der Waals surface area contributed by atoms with Crippen LogP contribution in [0.25, 0.3) is 15.5 Å². The molecule has 3 aromatic rings. The van der Waals surface area contributed by atoms with Crippen LogP contribution in [0, 0.1) is 0 Å². The van der Waals surface area contributed by atoms with Crippen molar-refractivity contribution in [1.29, 1.82) is 0 Å². The summed E-state index contributed by atoms with van der Waals surface area (Å²) in [6.07, 6.45) is 0.783. The number of nitrogens with zero attached hydrogens (tertiary/aromatic N) is 4. The zero-order valence-corrected chi connectivity index (χ0v) is 9.98. The van der Waals surface area contributed by atoms with Crippen LogP contribution in [0.5, 0.6) is 5.75 Å². The average molecular weight is 246 g/mol. The van der Waals surface area contributed by atoms with Gasteiger partial charge in [0.15, 0.2) is 10.8 Å². The van der Waals surface area contributed by atoms with E-state index in [4.69, 9.17) is 0 Å². The number of hydrogen-bond donors (Lipinski definition) is 1. The first-order chi connectivity index (χ1) is 8.29. The van der Waals surface area contributed by atoms with Gasteiger partial charge in [0.2, 0.25) is 4.96 Å². The molecule has 17 heavy (non-hydrogen) atoms. The first-order valence-corrected chi connectivity index (χ1v) is 6.10. The standard InChI is InChI=1S/C11H10N4OS/c1-2-9-12-13-11-15(9)14-10(17-11)7-5-3-4-6-8(7)16/h3-6,16H,2H2,1H3. The summed E-state index contributed by atoms with van der Waals surface area (Å²) in [5, 5.41) is 23.0. The first kappa shape index (κ1) is 10.2. The molecular formula is C11H10N4OS. The van der Waals surface area contributed by atoms with Crippen molar-refractivity contribution in [3.63, 3.8) is 0 Å². The summed E-state index contributed by atoms with van der Waals surface area (Å²) in [5.74, 6) is 1.06. The highest BCUT2D eigenvalue weighted by Gasteiger charge is 2.13. The smallest absolute Gasteiger partial charge is 0.234 e. The highest BCUT2D eigenvalue weighted by Crippen LogP contribution is 2.31. The van der Waals surface area contributed by atoms with Crippen LogP contribution in [0.3, 0.4) is 0 Å². The number of phenols is 1. The summed E-state index contributed by atoms with van der Waals surface area (Å²) in [5.41, 5.74) is 0.727. The molecule has 0 saturated heterocycles. The van der Waals surface area contributed by atoms with Crippen LogP contribution >= 0.6 is 11.3 Å². The van der Waals surface area contributed by atoms with Crippen molar-refractivity contribution in [2.45, 2.75) is 13.3 Å². The molecule has 3 rings (SSSR count). The van der Waals surface area contributed by atoms with Crippen LogP contribution in [0.15, 0.2) is 24.3 Å². The third-order valence-electron chi connectivity index (χ3n) is 2.51. The second-order valence-electron chi connectivity index (χ2n) is 3.59. The molecular weight excluding hydrogens is 236 g/mol. The zero-order chi connectivity index (χ0) is 11.8. The maximum absolute atomic E-state index is 9.77. The summed E-state index contributed by atoms with van der Waals surface area (Å²) < 4.78 is 1.73. The number of fused-ring (bicyclic) bond motifs is 1. The molecule has 0 aliphatic rings. The average Bonchev–Trinajstić information content (AvgIpc) is 2.88. The maximum Gasteiger partial charge on any atom is 0.234 e. The third-order valence-corrected chi connectivity index (χ3v) is 3.44. The van der Waals surface area contributed by atoms with E-state index in [1.165, 1.54) is 11.3 Å². The summed E-state index contributed by atoms with van der Waals surface area (Å²) in [7, 11) is 0. The number of aromatic nitrogens is 4. The van der Waals surface area contributed by atoms with Crippen molar-refractivity contribution in [3.8, 4) is 16.3 Å². The lowest BCUT2D eigenvalue weighted by atomic mass is 10.2. The minimum Gasteiger partial charge on any atom is -0.507 e. The van der Waals surface area contributed by atoms with Gasteiger partial charge in [0.25, 0.3) is 0 Å². The molecule has 5 nitrogen and oxygen atoms in total. The van der Waals surface area contributed by atoms with Crippen molar-refractivity contribution in [2.75, 3.05) is 0 Å². The highest BCUT2D eigenvalue weighted by atomic mass is 32.1. The quantitative estimate of drug-likeness (QED) is 0.752. The van der Waals surface area contributed by atoms with Gasteiger partial charge in [-0.25, -0.2) is 0 Å². The second kappa shape index (κ2) is 3.81. The second-order valence-corrected chi connectivity index (χ2v) is 4.54. The SMILES string of the molecule is CCc1nnc2sc(-c3ccccc3O)nn12. The molecule has 0 bridgehead atoms. The van der Waals surface area contributed by atoms with E-state index < -0.39 is 0 Å². The van der Waals surface area contributed by atoms with Crippen molar-refractivity contribution in [2.24, 2.45) is 0 Å². The molecule has 0 radical (unpaired) electrons. The predicted octanol–water partition coefficient (Wildman–Crippen LogP) is 2.12. The van der Waals surface area contributed by atoms with Gasteiger partial charge in [-0.2, -0.15) is 9.61 Å². The van der Waals surface area contributed by atoms with Gasteiger partial charge in [-0.3, -0.25) is 0 Å². The Morgan fingerprint density at radius 2 is 2.12 bits per heavy atom. The fourth-order valence-corrected chi connectivity index (χ4v) is 2.53. The third kappa shape index (κ3) is 1.57. The molecule has 1 N–H and O–H groups in total. The zero-order valence-electron chi connectivity index (χ0n) is 9.16. The van der Waals surface area contributed by atoms with E-state index in [2.05, 4.69) is 15.3 Å². The Labute approximate surface area is 101 Å². The van der Waals surface area contributed by atoms with E-state index in [0.717, 1.165) is 27.8 Å². The van der Waals surface area contributed by atoms with Crippen LogP contribution in [0.1, 0.15) is 12.7 Å². The molecule has 0 atom stereocenters. The molecule has 0 unspecified atom stereocenters. The lowest BCUT2D eigenvalue weighted by Gasteiger charge is -1.98. The van der Waals surface area contributed by atoms with E-state index in [0.29, 0.717) is 0 Å². The lowest BCUT2D eigenvalue weighted by molar-refractivity contribution is 0.477. The Bertz CT molecular complexity index is 673. The van der Waals surface area contributed by atoms with E-state index in [-0.39, 0.29) is 5.75 Å². The molecule has 0 aliphatic heterocycles. The molecule has 2 aromatic heterocycles. The predicted molar refractivity (Wildman–Crippen MR) is 65.1 cm³/mol. The molecule has 0 amide bonds. The monoisotopic (exact) mass is 246 g/mol. The van der Waals surface area contributed by atoms with Crippen LogP contribution in [0.2, 0.25) is 0 Å². The van der Waals surface area contributed by atoms with Crippen LogP contribution in [0.4, 0.5) is 0 Å². The largest absolute Gasteiger partial charge is 0.507 e. The molecule has 1 aromatic carbocycles. The number of phenolic OH excluding ortho intramolecular Hbond substituents is 1. The van der Waals surface area contributed by atoms with Gasteiger partial charge < -0.3 is 5.11 Å². The van der Waals surface area contributed by atoms with Gasteiger partial charge in [0.1, 0.15) is 5.75 Å². The Balaban J connectivity index is 2.19. The minimum atomic E-state index is 0.232. The molecule has 6 heteroatoms. The molecule has 0 saturated carbocycles. The molecule has 86 valence electrons. The Hall–Kier alpha value is -1.95. The minimum absolute atomic E-state index is 0.232. The number of aromatic hydroxyl groups is 1. The number of para-hydroxylation sites is 1.